The molecule has 1 atom stereocenters. The summed E-state index contributed by atoms with van der Waals surface area (Å²) in [5.74, 6) is -4.12. The second-order valence-corrected chi connectivity index (χ2v) is 12.0. The first-order valence-corrected chi connectivity index (χ1v) is 14.1. The van der Waals surface area contributed by atoms with E-state index in [0.717, 1.165) is 4.88 Å². The minimum absolute atomic E-state index is 0.205. The van der Waals surface area contributed by atoms with E-state index in [1.165, 1.54) is 35.5 Å². The van der Waals surface area contributed by atoms with Gasteiger partial charge in [0.25, 0.3) is 12.3 Å². The number of hydrogen-bond donors (Lipinski definition) is 3. The third kappa shape index (κ3) is 5.40. The Morgan fingerprint density at radius 3 is 2.63 bits per heavy atom. The van der Waals surface area contributed by atoms with Gasteiger partial charge in [0, 0.05) is 48.8 Å². The molecule has 0 radical (unpaired) electrons. The molecule has 3 aromatic rings. The van der Waals surface area contributed by atoms with Crippen LogP contribution >= 0.6 is 11.3 Å². The molecule has 3 aliphatic rings. The highest BCUT2D eigenvalue weighted by molar-refractivity contribution is 7.17. The Balaban J connectivity index is 1.25. The van der Waals surface area contributed by atoms with Crippen LogP contribution in [0.5, 0.6) is 0 Å². The third-order valence-corrected chi connectivity index (χ3v) is 9.11. The summed E-state index contributed by atoms with van der Waals surface area (Å²) in [5.41, 5.74) is 0.574. The molecule has 220 valence electrons. The maximum atomic E-state index is 13.4. The summed E-state index contributed by atoms with van der Waals surface area (Å²) >= 11 is 1.24. The van der Waals surface area contributed by atoms with E-state index in [1.807, 2.05) is 0 Å². The van der Waals surface area contributed by atoms with Crippen molar-refractivity contribution in [2.24, 2.45) is 13.0 Å². The molecule has 3 heterocycles. The van der Waals surface area contributed by atoms with E-state index in [2.05, 4.69) is 31.2 Å². The quantitative estimate of drug-likeness (QED) is 0.324. The van der Waals surface area contributed by atoms with Gasteiger partial charge in [0.15, 0.2) is 0 Å². The SMILES string of the molecule is Cn1nc(C(F)F)cc1Nc1nncn1[C@H]1CCc2sc(NC(=O)C3CC(F)(F)C3)c(C(=O)N[C@H]3C[C@H](F)C3)c2C1. The molecule has 2 saturated carbocycles. The smallest absolute Gasteiger partial charge is 0.282 e. The maximum Gasteiger partial charge on any atom is 0.282 e. The summed E-state index contributed by atoms with van der Waals surface area (Å²) in [7, 11) is 1.52. The second-order valence-electron chi connectivity index (χ2n) is 10.9. The number of nitrogens with one attached hydrogen (secondary N) is 3. The molecular weight excluding hydrogens is 571 g/mol. The van der Waals surface area contributed by atoms with Gasteiger partial charge in [0.05, 0.1) is 5.56 Å². The molecule has 2 fully saturated rings. The number of nitrogens with zero attached hydrogens (tertiary/aromatic N) is 5. The monoisotopic (exact) mass is 598 g/mol. The molecule has 3 aliphatic carbocycles. The van der Waals surface area contributed by atoms with Gasteiger partial charge in [0.2, 0.25) is 17.8 Å². The predicted octanol–water partition coefficient (Wildman–Crippen LogP) is 4.70. The zero-order chi connectivity index (χ0) is 29.1. The first-order chi connectivity index (χ1) is 19.5. The van der Waals surface area contributed by atoms with Crippen LogP contribution in [-0.4, -0.2) is 54.5 Å². The van der Waals surface area contributed by atoms with E-state index < -0.39 is 49.1 Å². The average Bonchev–Trinajstić information content (AvgIpc) is 3.58. The molecule has 0 saturated heterocycles. The highest BCUT2D eigenvalue weighted by atomic mass is 32.1. The lowest BCUT2D eigenvalue weighted by atomic mass is 9.81. The zero-order valence-corrected chi connectivity index (χ0v) is 22.7. The summed E-state index contributed by atoms with van der Waals surface area (Å²) in [6.07, 6.45) is -1.32. The number of alkyl halides is 5. The molecule has 3 N–H and O–H groups in total. The van der Waals surface area contributed by atoms with Crippen LogP contribution in [0.15, 0.2) is 12.4 Å². The number of rotatable bonds is 8. The van der Waals surface area contributed by atoms with Crippen molar-refractivity contribution < 1.29 is 31.5 Å². The van der Waals surface area contributed by atoms with Crippen LogP contribution in [0.1, 0.15) is 71.1 Å². The Labute approximate surface area is 234 Å². The first-order valence-electron chi connectivity index (χ1n) is 13.2. The fourth-order valence-electron chi connectivity index (χ4n) is 5.54. The van der Waals surface area contributed by atoms with Gasteiger partial charge < -0.3 is 16.0 Å². The molecule has 2 amide bonds. The van der Waals surface area contributed by atoms with Crippen molar-refractivity contribution in [1.82, 2.24) is 29.9 Å². The number of halogens is 5. The molecule has 16 heteroatoms. The van der Waals surface area contributed by atoms with Crippen molar-refractivity contribution in [3.8, 4) is 0 Å². The normalized spacial score (nSPS) is 23.4. The molecule has 10 nitrogen and oxygen atoms in total. The minimum atomic E-state index is -2.86. The largest absolute Gasteiger partial charge is 0.349 e. The van der Waals surface area contributed by atoms with Crippen LogP contribution in [0.4, 0.5) is 38.7 Å². The van der Waals surface area contributed by atoms with Gasteiger partial charge in [-0.15, -0.1) is 21.5 Å². The van der Waals surface area contributed by atoms with Crippen LogP contribution in [0.3, 0.4) is 0 Å². The molecule has 0 bridgehead atoms. The summed E-state index contributed by atoms with van der Waals surface area (Å²) in [6, 6.07) is 0.669. The van der Waals surface area contributed by atoms with Crippen LogP contribution in [0.25, 0.3) is 0 Å². The van der Waals surface area contributed by atoms with Crippen molar-refractivity contribution in [2.75, 3.05) is 10.6 Å². The minimum Gasteiger partial charge on any atom is -0.349 e. The molecule has 6 rings (SSSR count). The van der Waals surface area contributed by atoms with Gasteiger partial charge in [-0.2, -0.15) is 5.10 Å². The number of hydrogen-bond acceptors (Lipinski definition) is 7. The molecule has 0 aliphatic heterocycles. The van der Waals surface area contributed by atoms with Crippen molar-refractivity contribution in [1.29, 1.82) is 0 Å². The second kappa shape index (κ2) is 10.4. The highest BCUT2D eigenvalue weighted by Gasteiger charge is 2.49. The third-order valence-electron chi connectivity index (χ3n) is 7.90. The topological polar surface area (TPSA) is 119 Å². The number of thiophene rings is 1. The number of fused-ring (bicyclic) bond motifs is 1. The number of carbonyl (C=O) groups excluding carboxylic acids is 2. The zero-order valence-electron chi connectivity index (χ0n) is 21.8. The van der Waals surface area contributed by atoms with E-state index in [-0.39, 0.29) is 36.2 Å². The fraction of sp³-hybridized carbons (Fsp3) is 0.560. The van der Waals surface area contributed by atoms with Crippen LogP contribution in [-0.2, 0) is 24.7 Å². The lowest BCUT2D eigenvalue weighted by Gasteiger charge is -2.33. The lowest BCUT2D eigenvalue weighted by molar-refractivity contribution is -0.145. The Morgan fingerprint density at radius 2 is 1.98 bits per heavy atom. The Morgan fingerprint density at radius 1 is 1.22 bits per heavy atom. The molecule has 41 heavy (non-hydrogen) atoms. The summed E-state index contributed by atoms with van der Waals surface area (Å²) in [4.78, 5) is 27.1. The van der Waals surface area contributed by atoms with Crippen LogP contribution in [0.2, 0.25) is 0 Å². The number of aromatic nitrogens is 5. The van der Waals surface area contributed by atoms with E-state index in [4.69, 9.17) is 0 Å². The van der Waals surface area contributed by atoms with Crippen molar-refractivity contribution in [3.05, 3.63) is 34.1 Å². The predicted molar refractivity (Wildman–Crippen MR) is 139 cm³/mol. The number of carbonyl (C=O) groups is 2. The van der Waals surface area contributed by atoms with Gasteiger partial charge in [-0.05, 0) is 37.7 Å². The summed E-state index contributed by atoms with van der Waals surface area (Å²) in [5, 5.41) is 20.7. The van der Waals surface area contributed by atoms with E-state index in [1.54, 1.807) is 4.57 Å². The number of aryl methyl sites for hydroxylation is 2. The molecule has 0 aromatic carbocycles. The van der Waals surface area contributed by atoms with Gasteiger partial charge >= 0.3 is 0 Å². The maximum absolute atomic E-state index is 13.4. The van der Waals surface area contributed by atoms with Gasteiger partial charge in [-0.3, -0.25) is 18.8 Å². The summed E-state index contributed by atoms with van der Waals surface area (Å²) in [6.45, 7) is 0. The van der Waals surface area contributed by atoms with Crippen LogP contribution < -0.4 is 16.0 Å². The number of amides is 2. The molecule has 0 spiro atoms. The average molecular weight is 599 g/mol. The van der Waals surface area contributed by atoms with Gasteiger partial charge in [-0.25, -0.2) is 22.0 Å². The standard InChI is InChI=1S/C25H27F5N8O2S/c1-37-18(7-16(36-37)20(27)28)33-24-35-31-10-38(24)14-2-3-17-15(6-14)19(22(40)32-13-4-12(26)5-13)23(41-17)34-21(39)11-8-25(29,30)9-11/h7,10-14,20H,2-6,8-9H2,1H3,(H,32,40)(H,33,35)(H,34,39)/t12-,13-,14-/m0/s1. The van der Waals surface area contributed by atoms with Crippen molar-refractivity contribution in [2.45, 2.75) is 75.5 Å². The Bertz CT molecular complexity index is 1470. The van der Waals surface area contributed by atoms with Crippen molar-refractivity contribution >= 4 is 39.9 Å². The number of anilines is 3. The van der Waals surface area contributed by atoms with Gasteiger partial charge in [-0.1, -0.05) is 0 Å². The van der Waals surface area contributed by atoms with E-state index >= 15 is 0 Å². The van der Waals surface area contributed by atoms with Crippen molar-refractivity contribution in [3.63, 3.8) is 0 Å². The van der Waals surface area contributed by atoms with Gasteiger partial charge in [0.1, 0.15) is 29.0 Å². The Kier molecular flexibility index (Phi) is 6.98. The Hall–Kier alpha value is -3.56. The first kappa shape index (κ1) is 27.6. The van der Waals surface area contributed by atoms with Crippen LogP contribution in [0, 0.1) is 5.92 Å². The molecular formula is C25H27F5N8O2S. The lowest BCUT2D eigenvalue weighted by Crippen LogP contribution is -2.45. The summed E-state index contributed by atoms with van der Waals surface area (Å²) < 4.78 is 69.4. The molecule has 3 aromatic heterocycles. The highest BCUT2D eigenvalue weighted by Crippen LogP contribution is 2.45. The van der Waals surface area contributed by atoms with E-state index in [0.29, 0.717) is 41.6 Å². The molecule has 0 unspecified atom stereocenters. The fourth-order valence-corrected chi connectivity index (χ4v) is 6.79. The van der Waals surface area contributed by atoms with E-state index in [9.17, 15) is 31.5 Å².